The van der Waals surface area contributed by atoms with Crippen LogP contribution < -0.4 is 0 Å². The minimum absolute atomic E-state index is 0.149. The van der Waals surface area contributed by atoms with Crippen LogP contribution in [0.2, 0.25) is 0 Å². The second kappa shape index (κ2) is 6.53. The van der Waals surface area contributed by atoms with Crippen molar-refractivity contribution in [1.29, 1.82) is 0 Å². The van der Waals surface area contributed by atoms with E-state index in [0.29, 0.717) is 6.08 Å². The summed E-state index contributed by atoms with van der Waals surface area (Å²) in [5, 5.41) is 0. The first-order chi connectivity index (χ1) is 9.63. The van der Waals surface area contributed by atoms with Gasteiger partial charge in [0.1, 0.15) is 0 Å². The van der Waals surface area contributed by atoms with E-state index in [0.717, 1.165) is 6.92 Å². The number of alkyl halides is 6. The molecule has 0 aliphatic heterocycles. The van der Waals surface area contributed by atoms with E-state index in [1.807, 2.05) is 0 Å². The minimum atomic E-state index is -5.60. The van der Waals surface area contributed by atoms with Crippen molar-refractivity contribution < 1.29 is 40.7 Å². The molecule has 0 bridgehead atoms. The smallest absolute Gasteiger partial charge is 0.371 e. The van der Waals surface area contributed by atoms with Crippen LogP contribution in [-0.4, -0.2) is 29.7 Å². The van der Waals surface area contributed by atoms with Crippen LogP contribution in [0.4, 0.5) is 26.3 Å². The van der Waals surface area contributed by atoms with E-state index in [4.69, 9.17) is 0 Å². The third-order valence-corrected chi connectivity index (χ3v) is 2.53. The zero-order valence-electron chi connectivity index (χ0n) is 12.0. The molecular formula is C13H14F6O3. The van der Waals surface area contributed by atoms with E-state index in [2.05, 4.69) is 11.3 Å². The first-order valence-corrected chi connectivity index (χ1v) is 5.85. The number of carbonyl (C=O) groups is 2. The fourth-order valence-corrected chi connectivity index (χ4v) is 1.07. The zero-order valence-corrected chi connectivity index (χ0v) is 12.0. The quantitative estimate of drug-likeness (QED) is 0.321. The van der Waals surface area contributed by atoms with Crippen LogP contribution in [0.15, 0.2) is 23.8 Å². The average Bonchev–Trinajstić information content (AvgIpc) is 2.33. The molecule has 0 unspecified atom stereocenters. The van der Waals surface area contributed by atoms with Gasteiger partial charge in [-0.1, -0.05) is 12.7 Å². The number of esters is 2. The van der Waals surface area contributed by atoms with Gasteiger partial charge in [0.05, 0.1) is 0 Å². The molecule has 126 valence electrons. The second-order valence-corrected chi connectivity index (χ2v) is 4.72. The first-order valence-electron chi connectivity index (χ1n) is 5.85. The van der Waals surface area contributed by atoms with Crippen molar-refractivity contribution in [3.63, 3.8) is 0 Å². The molecule has 0 spiro atoms. The van der Waals surface area contributed by atoms with Gasteiger partial charge in [0.15, 0.2) is 0 Å². The molecule has 0 saturated heterocycles. The Hall–Kier alpha value is -1.80. The molecule has 0 aliphatic rings. The molecular weight excluding hydrogens is 318 g/mol. The van der Waals surface area contributed by atoms with Crippen LogP contribution in [0.3, 0.4) is 0 Å². The van der Waals surface area contributed by atoms with Gasteiger partial charge in [-0.15, -0.1) is 0 Å². The Bertz CT molecular complexity index is 502. The van der Waals surface area contributed by atoms with Gasteiger partial charge < -0.3 is 4.74 Å². The van der Waals surface area contributed by atoms with Gasteiger partial charge in [0, 0.05) is 24.5 Å². The number of rotatable bonds is 6. The molecule has 0 rings (SSSR count). The van der Waals surface area contributed by atoms with Gasteiger partial charge in [-0.25, -0.2) is 9.59 Å². The Labute approximate surface area is 122 Å². The zero-order chi connectivity index (χ0) is 17.9. The number of halogens is 6. The number of hydrogen-bond acceptors (Lipinski definition) is 3. The van der Waals surface area contributed by atoms with Gasteiger partial charge in [0.25, 0.3) is 0 Å². The van der Waals surface area contributed by atoms with Crippen molar-refractivity contribution in [2.75, 3.05) is 0 Å². The SMILES string of the molecule is C=C(C)C(=O)OC(=O)C(C)=CCC(F)(F)C(F)(F)C(C)(F)F. The second-order valence-electron chi connectivity index (χ2n) is 4.72. The van der Waals surface area contributed by atoms with Crippen molar-refractivity contribution in [3.8, 4) is 0 Å². The van der Waals surface area contributed by atoms with Gasteiger partial charge in [0.2, 0.25) is 0 Å². The summed E-state index contributed by atoms with van der Waals surface area (Å²) in [5.41, 5.74) is -0.756. The molecule has 0 fully saturated rings. The van der Waals surface area contributed by atoms with Crippen LogP contribution in [0.5, 0.6) is 0 Å². The highest BCUT2D eigenvalue weighted by molar-refractivity contribution is 6.00. The van der Waals surface area contributed by atoms with E-state index in [1.54, 1.807) is 0 Å². The largest absolute Gasteiger partial charge is 0.386 e. The van der Waals surface area contributed by atoms with Gasteiger partial charge in [-0.2, -0.15) is 26.3 Å². The van der Waals surface area contributed by atoms with Crippen LogP contribution in [0, 0.1) is 0 Å². The van der Waals surface area contributed by atoms with Crippen molar-refractivity contribution in [1.82, 2.24) is 0 Å². The summed E-state index contributed by atoms with van der Waals surface area (Å²) in [6.07, 6.45) is -1.53. The van der Waals surface area contributed by atoms with E-state index in [-0.39, 0.29) is 12.5 Å². The van der Waals surface area contributed by atoms with Crippen molar-refractivity contribution >= 4 is 11.9 Å². The van der Waals surface area contributed by atoms with Crippen LogP contribution in [0.25, 0.3) is 0 Å². The lowest BCUT2D eigenvalue weighted by Crippen LogP contribution is -2.52. The average molecular weight is 332 g/mol. The van der Waals surface area contributed by atoms with Crippen molar-refractivity contribution in [2.45, 2.75) is 45.0 Å². The normalized spacial score (nSPS) is 13.8. The summed E-state index contributed by atoms with van der Waals surface area (Å²) in [6, 6.07) is 0. The number of ether oxygens (including phenoxy) is 1. The van der Waals surface area contributed by atoms with Gasteiger partial charge in [-0.3, -0.25) is 0 Å². The summed E-state index contributed by atoms with van der Waals surface area (Å²) < 4.78 is 81.6. The lowest BCUT2D eigenvalue weighted by Gasteiger charge is -2.30. The third-order valence-electron chi connectivity index (χ3n) is 2.53. The van der Waals surface area contributed by atoms with E-state index in [9.17, 15) is 35.9 Å². The van der Waals surface area contributed by atoms with E-state index < -0.39 is 41.7 Å². The Morgan fingerprint density at radius 2 is 1.50 bits per heavy atom. The summed E-state index contributed by atoms with van der Waals surface area (Å²) in [5.74, 6) is -18.1. The van der Waals surface area contributed by atoms with Gasteiger partial charge >= 0.3 is 29.7 Å². The Kier molecular flexibility index (Phi) is 6.00. The summed E-state index contributed by atoms with van der Waals surface area (Å²) >= 11 is 0. The standard InChI is InChI=1S/C13H14F6O3/c1-7(2)9(20)22-10(21)8(3)5-6-12(16,17)13(18,19)11(4,14)15/h5H,1,6H2,2-4H3. The molecule has 0 aromatic carbocycles. The maximum absolute atomic E-state index is 13.2. The van der Waals surface area contributed by atoms with Crippen LogP contribution in [0.1, 0.15) is 27.2 Å². The molecule has 0 amide bonds. The Morgan fingerprint density at radius 3 is 1.86 bits per heavy atom. The van der Waals surface area contributed by atoms with E-state index in [1.165, 1.54) is 6.92 Å². The molecule has 0 aliphatic carbocycles. The van der Waals surface area contributed by atoms with E-state index >= 15 is 0 Å². The number of allylic oxidation sites excluding steroid dienone is 1. The van der Waals surface area contributed by atoms with Crippen molar-refractivity contribution in [3.05, 3.63) is 23.8 Å². The maximum Gasteiger partial charge on any atom is 0.371 e. The molecule has 0 aromatic heterocycles. The summed E-state index contributed by atoms with van der Waals surface area (Å²) in [4.78, 5) is 22.3. The van der Waals surface area contributed by atoms with Crippen LogP contribution in [-0.2, 0) is 14.3 Å². The predicted octanol–water partition coefficient (Wildman–Crippen LogP) is 3.89. The lowest BCUT2D eigenvalue weighted by atomic mass is 10.0. The highest BCUT2D eigenvalue weighted by Crippen LogP contribution is 2.47. The van der Waals surface area contributed by atoms with Gasteiger partial charge in [-0.05, 0) is 13.8 Å². The maximum atomic E-state index is 13.2. The number of hydrogen-bond donors (Lipinski definition) is 0. The van der Waals surface area contributed by atoms with Crippen LogP contribution >= 0.6 is 0 Å². The molecule has 0 aromatic rings. The highest BCUT2D eigenvalue weighted by Gasteiger charge is 2.68. The summed E-state index contributed by atoms with van der Waals surface area (Å²) in [6.45, 7) is 4.95. The predicted molar refractivity (Wildman–Crippen MR) is 64.8 cm³/mol. The molecule has 9 heteroatoms. The van der Waals surface area contributed by atoms with Crippen molar-refractivity contribution in [2.24, 2.45) is 0 Å². The topological polar surface area (TPSA) is 43.4 Å². The third kappa shape index (κ3) is 4.60. The highest BCUT2D eigenvalue weighted by atomic mass is 19.3. The fraction of sp³-hybridized carbons (Fsp3) is 0.538. The molecule has 0 atom stereocenters. The Morgan fingerprint density at radius 1 is 1.05 bits per heavy atom. The first kappa shape index (κ1) is 20.2. The number of carbonyl (C=O) groups excluding carboxylic acids is 2. The lowest BCUT2D eigenvalue weighted by molar-refractivity contribution is -0.301. The molecule has 0 radical (unpaired) electrons. The monoisotopic (exact) mass is 332 g/mol. The Balaban J connectivity index is 5.06. The molecule has 22 heavy (non-hydrogen) atoms. The molecule has 0 N–H and O–H groups in total. The molecule has 0 heterocycles. The molecule has 0 saturated carbocycles. The molecule has 3 nitrogen and oxygen atoms in total. The summed E-state index contributed by atoms with van der Waals surface area (Å²) in [7, 11) is 0. The minimum Gasteiger partial charge on any atom is -0.386 e. The fourth-order valence-electron chi connectivity index (χ4n) is 1.07.